The van der Waals surface area contributed by atoms with Crippen molar-refractivity contribution in [2.45, 2.75) is 69.1 Å². The van der Waals surface area contributed by atoms with Crippen LogP contribution in [0.25, 0.3) is 0 Å². The first kappa shape index (κ1) is 35.0. The van der Waals surface area contributed by atoms with Crippen LogP contribution in [-0.4, -0.2) is 86.7 Å². The summed E-state index contributed by atoms with van der Waals surface area (Å²) in [5.74, 6) is -7.26. The molecule has 3 aliphatic heterocycles. The van der Waals surface area contributed by atoms with Crippen molar-refractivity contribution >= 4 is 23.4 Å². The van der Waals surface area contributed by atoms with Crippen LogP contribution in [0, 0.1) is 23.5 Å². The van der Waals surface area contributed by atoms with Crippen molar-refractivity contribution in [3.63, 3.8) is 0 Å². The molecule has 0 spiro atoms. The fraction of sp³-hybridized carbons (Fsp3) is 0.606. The molecule has 268 valence electrons. The average molecular weight is 701 g/mol. The van der Waals surface area contributed by atoms with E-state index in [-0.39, 0.29) is 30.3 Å². The third-order valence-corrected chi connectivity index (χ3v) is 10.4. The number of piperazine rings is 1. The number of aromatic nitrogens is 1. The van der Waals surface area contributed by atoms with Crippen LogP contribution < -0.4 is 25.2 Å². The van der Waals surface area contributed by atoms with Gasteiger partial charge in [0.2, 0.25) is 12.3 Å². The summed E-state index contributed by atoms with van der Waals surface area (Å²) in [4.78, 5) is 35.6. The number of urea groups is 1. The molecule has 4 aliphatic rings. The second kappa shape index (κ2) is 14.2. The maximum atomic E-state index is 15.4. The number of carbonyl (C=O) groups is 2. The van der Waals surface area contributed by atoms with Crippen molar-refractivity contribution in [3.8, 4) is 5.75 Å². The highest BCUT2D eigenvalue weighted by Gasteiger charge is 2.49. The lowest BCUT2D eigenvalue weighted by Gasteiger charge is -2.40. The van der Waals surface area contributed by atoms with Crippen molar-refractivity contribution in [1.82, 2.24) is 20.5 Å². The molecule has 3 amide bonds. The van der Waals surface area contributed by atoms with E-state index in [2.05, 4.69) is 20.5 Å². The Labute approximate surface area is 279 Å². The standard InChI is InChI=1S/C33H39F7N6O3/c1-49-21-13-24(34)27(25(35)14-21)23-17-46(31(47)22(23)15-42-32(48)43-19-6-4-18(5-7-19)29(36)37)30-28(33(38,39)40)26(8-9-41-30)45-12-11-44-10-2-3-20(44)16-45/h8-9,13-14,18-20,22-23,29H,2-7,10-12,15-17H2,1H3,(H2,42,43,48)/t18-,19-,20?,22?,23-/m1/s1. The van der Waals surface area contributed by atoms with E-state index in [1.54, 1.807) is 4.90 Å². The maximum Gasteiger partial charge on any atom is 0.421 e. The lowest BCUT2D eigenvalue weighted by atomic mass is 9.86. The Morgan fingerprint density at radius 2 is 1.76 bits per heavy atom. The summed E-state index contributed by atoms with van der Waals surface area (Å²) in [6.45, 7) is 1.18. The molecule has 2 aromatic rings. The topological polar surface area (TPSA) is 90.0 Å². The number of rotatable bonds is 8. The van der Waals surface area contributed by atoms with Crippen molar-refractivity contribution in [3.05, 3.63) is 47.2 Å². The quantitative estimate of drug-likeness (QED) is 0.352. The summed E-state index contributed by atoms with van der Waals surface area (Å²) in [5.41, 5.74) is -1.77. The number of nitrogens with zero attached hydrogens (tertiary/aromatic N) is 4. The summed E-state index contributed by atoms with van der Waals surface area (Å²) in [7, 11) is 1.21. The monoisotopic (exact) mass is 700 g/mol. The number of pyridine rings is 1. The number of carbonyl (C=O) groups excluding carboxylic acids is 2. The zero-order valence-corrected chi connectivity index (χ0v) is 26.9. The molecular formula is C33H39F7N6O3. The van der Waals surface area contributed by atoms with Gasteiger partial charge in [0.05, 0.1) is 18.7 Å². The number of ether oxygens (including phenoxy) is 1. The number of methoxy groups -OCH3 is 1. The normalized spacial score (nSPS) is 26.3. The Bertz CT molecular complexity index is 1510. The predicted octanol–water partition coefficient (Wildman–Crippen LogP) is 5.54. The SMILES string of the molecule is COc1cc(F)c([C@@H]2CN(c3nccc(N4CCN5CCCC5C4)c3C(F)(F)F)C(=O)C2CNC(=O)N[C@H]2CC[C@H](C(F)F)CC2)c(F)c1. The second-order valence-corrected chi connectivity index (χ2v) is 13.3. The van der Waals surface area contributed by atoms with Crippen LogP contribution in [0.3, 0.4) is 0 Å². The van der Waals surface area contributed by atoms with Crippen molar-refractivity contribution in [2.24, 2.45) is 11.8 Å². The first-order valence-electron chi connectivity index (χ1n) is 16.6. The van der Waals surface area contributed by atoms with Crippen LogP contribution in [0.4, 0.5) is 47.0 Å². The molecule has 2 unspecified atom stereocenters. The van der Waals surface area contributed by atoms with E-state index in [1.807, 2.05) is 0 Å². The Morgan fingerprint density at radius 3 is 2.41 bits per heavy atom. The number of amides is 3. The molecule has 4 fully saturated rings. The molecule has 3 saturated heterocycles. The largest absolute Gasteiger partial charge is 0.497 e. The van der Waals surface area contributed by atoms with Crippen LogP contribution in [0.5, 0.6) is 5.75 Å². The van der Waals surface area contributed by atoms with Gasteiger partial charge in [0, 0.05) is 80.5 Å². The highest BCUT2D eigenvalue weighted by molar-refractivity contribution is 5.99. The van der Waals surface area contributed by atoms with E-state index in [4.69, 9.17) is 4.74 Å². The number of alkyl halides is 5. The van der Waals surface area contributed by atoms with Crippen LogP contribution >= 0.6 is 0 Å². The third kappa shape index (κ3) is 7.24. The van der Waals surface area contributed by atoms with Crippen LogP contribution in [0.2, 0.25) is 0 Å². The summed E-state index contributed by atoms with van der Waals surface area (Å²) in [6.07, 6.45) is -3.28. The predicted molar refractivity (Wildman–Crippen MR) is 166 cm³/mol. The fourth-order valence-corrected chi connectivity index (χ4v) is 7.88. The van der Waals surface area contributed by atoms with Gasteiger partial charge in [-0.05, 0) is 51.1 Å². The van der Waals surface area contributed by atoms with E-state index in [9.17, 15) is 31.5 Å². The number of fused-ring (bicyclic) bond motifs is 1. The highest BCUT2D eigenvalue weighted by Crippen LogP contribution is 2.46. The molecule has 0 radical (unpaired) electrons. The minimum absolute atomic E-state index is 0.103. The minimum Gasteiger partial charge on any atom is -0.497 e. The summed E-state index contributed by atoms with van der Waals surface area (Å²) in [6, 6.07) is 2.08. The minimum atomic E-state index is -4.93. The molecule has 1 saturated carbocycles. The molecular weight excluding hydrogens is 661 g/mol. The van der Waals surface area contributed by atoms with Gasteiger partial charge in [-0.25, -0.2) is 27.3 Å². The lowest BCUT2D eigenvalue weighted by Crippen LogP contribution is -2.50. The van der Waals surface area contributed by atoms with Gasteiger partial charge in [0.1, 0.15) is 28.8 Å². The maximum absolute atomic E-state index is 15.4. The number of benzene rings is 1. The zero-order chi connectivity index (χ0) is 35.0. The smallest absolute Gasteiger partial charge is 0.421 e. The van der Waals surface area contributed by atoms with E-state index in [0.29, 0.717) is 32.5 Å². The van der Waals surface area contributed by atoms with Gasteiger partial charge in [-0.15, -0.1) is 0 Å². The molecule has 4 heterocycles. The summed E-state index contributed by atoms with van der Waals surface area (Å²) >= 11 is 0. The summed E-state index contributed by atoms with van der Waals surface area (Å²) < 4.78 is 107. The summed E-state index contributed by atoms with van der Waals surface area (Å²) in [5, 5.41) is 5.21. The van der Waals surface area contributed by atoms with Crippen molar-refractivity contribution < 1.29 is 45.1 Å². The number of anilines is 2. The Kier molecular flexibility index (Phi) is 10.1. The van der Waals surface area contributed by atoms with Gasteiger partial charge < -0.3 is 20.3 Å². The number of hydrogen-bond acceptors (Lipinski definition) is 6. The molecule has 1 aliphatic carbocycles. The fourth-order valence-electron chi connectivity index (χ4n) is 7.88. The van der Waals surface area contributed by atoms with E-state index < -0.39 is 90.0 Å². The second-order valence-electron chi connectivity index (χ2n) is 13.3. The highest BCUT2D eigenvalue weighted by atomic mass is 19.4. The van der Waals surface area contributed by atoms with Crippen LogP contribution in [-0.2, 0) is 11.0 Å². The Balaban J connectivity index is 1.29. The number of halogens is 7. The molecule has 3 atom stereocenters. The van der Waals surface area contributed by atoms with Crippen LogP contribution in [0.1, 0.15) is 55.6 Å². The molecule has 9 nitrogen and oxygen atoms in total. The first-order valence-corrected chi connectivity index (χ1v) is 16.6. The zero-order valence-electron chi connectivity index (χ0n) is 26.9. The number of nitrogens with one attached hydrogen (secondary N) is 2. The molecule has 1 aromatic heterocycles. The molecule has 2 N–H and O–H groups in total. The van der Waals surface area contributed by atoms with E-state index >= 15 is 8.78 Å². The van der Waals surface area contributed by atoms with Crippen LogP contribution in [0.15, 0.2) is 24.4 Å². The van der Waals surface area contributed by atoms with Gasteiger partial charge >= 0.3 is 12.2 Å². The molecule has 16 heteroatoms. The van der Waals surface area contributed by atoms with Gasteiger partial charge in [0.25, 0.3) is 0 Å². The van der Waals surface area contributed by atoms with Gasteiger partial charge in [0.15, 0.2) is 0 Å². The molecule has 0 bridgehead atoms. The van der Waals surface area contributed by atoms with Gasteiger partial charge in [-0.1, -0.05) is 0 Å². The third-order valence-electron chi connectivity index (χ3n) is 10.4. The molecule has 1 aromatic carbocycles. The van der Waals surface area contributed by atoms with Gasteiger partial charge in [-0.3, -0.25) is 14.6 Å². The Hall–Kier alpha value is -3.82. The Morgan fingerprint density at radius 1 is 1.04 bits per heavy atom. The van der Waals surface area contributed by atoms with Crippen molar-refractivity contribution in [1.29, 1.82) is 0 Å². The lowest BCUT2D eigenvalue weighted by molar-refractivity contribution is -0.137. The number of hydrogen-bond donors (Lipinski definition) is 2. The first-order chi connectivity index (χ1) is 23.3. The average Bonchev–Trinajstić information content (AvgIpc) is 3.66. The van der Waals surface area contributed by atoms with E-state index in [1.165, 1.54) is 19.4 Å². The molecule has 6 rings (SSSR count). The van der Waals surface area contributed by atoms with E-state index in [0.717, 1.165) is 36.4 Å². The van der Waals surface area contributed by atoms with Crippen molar-refractivity contribution in [2.75, 3.05) is 56.2 Å². The van der Waals surface area contributed by atoms with Gasteiger partial charge in [-0.2, -0.15) is 13.2 Å². The molecule has 49 heavy (non-hydrogen) atoms.